The second-order valence-corrected chi connectivity index (χ2v) is 6.68. The molecule has 0 atom stereocenters. The lowest BCUT2D eigenvalue weighted by molar-refractivity contribution is 0.629. The standard InChI is InChI=1S/C25H20FNS/c1-2-3-4-19-7-12-22(13-8-19)23-14-9-20(10-15-23)5-6-21-11-16-25(27-18-28)24(26)17-21/h7-17H,2-4H2,1H3. The number of hydrogen-bond donors (Lipinski definition) is 0. The van der Waals surface area contributed by atoms with E-state index < -0.39 is 5.82 Å². The lowest BCUT2D eigenvalue weighted by atomic mass is 10.0. The second kappa shape index (κ2) is 9.76. The van der Waals surface area contributed by atoms with Crippen LogP contribution < -0.4 is 0 Å². The molecule has 3 heteroatoms. The van der Waals surface area contributed by atoms with Crippen molar-refractivity contribution in [1.82, 2.24) is 0 Å². The highest BCUT2D eigenvalue weighted by Gasteiger charge is 2.01. The number of nitrogens with zero attached hydrogens (tertiary/aromatic N) is 1. The molecule has 0 N–H and O–H groups in total. The zero-order chi connectivity index (χ0) is 19.8. The Bertz CT molecular complexity index is 1050. The lowest BCUT2D eigenvalue weighted by Gasteiger charge is -2.04. The summed E-state index contributed by atoms with van der Waals surface area (Å²) in [4.78, 5) is 3.67. The summed E-state index contributed by atoms with van der Waals surface area (Å²) in [5.41, 5.74) is 5.36. The third-order valence-electron chi connectivity index (χ3n) is 4.46. The summed E-state index contributed by atoms with van der Waals surface area (Å²) >= 11 is 4.50. The summed E-state index contributed by atoms with van der Waals surface area (Å²) in [5, 5.41) is 2.17. The fourth-order valence-corrected chi connectivity index (χ4v) is 2.96. The maximum Gasteiger partial charge on any atom is 0.150 e. The van der Waals surface area contributed by atoms with E-state index in [1.165, 1.54) is 30.0 Å². The van der Waals surface area contributed by atoms with Gasteiger partial charge < -0.3 is 0 Å². The summed E-state index contributed by atoms with van der Waals surface area (Å²) in [6.07, 6.45) is 3.56. The van der Waals surface area contributed by atoms with Crippen LogP contribution in [0.25, 0.3) is 11.1 Å². The van der Waals surface area contributed by atoms with Crippen molar-refractivity contribution in [3.8, 4) is 23.0 Å². The number of benzene rings is 3. The number of halogens is 1. The molecule has 0 amide bonds. The van der Waals surface area contributed by atoms with Gasteiger partial charge in [-0.3, -0.25) is 0 Å². The number of aliphatic imine (C=N–C) groups is 1. The summed E-state index contributed by atoms with van der Waals surface area (Å²) in [6, 6.07) is 21.4. The Hall–Kier alpha value is -3.05. The quantitative estimate of drug-likeness (QED) is 0.262. The number of thiocarbonyl (C=S) groups is 1. The van der Waals surface area contributed by atoms with Crippen molar-refractivity contribution < 1.29 is 4.39 Å². The van der Waals surface area contributed by atoms with Crippen LogP contribution in [0, 0.1) is 17.7 Å². The average molecular weight is 386 g/mol. The Morgan fingerprint density at radius 3 is 2.07 bits per heavy atom. The summed E-state index contributed by atoms with van der Waals surface area (Å²) in [5.74, 6) is 5.59. The van der Waals surface area contributed by atoms with Crippen LogP contribution in [0.15, 0.2) is 71.7 Å². The van der Waals surface area contributed by atoms with Crippen LogP contribution in [0.5, 0.6) is 0 Å². The maximum absolute atomic E-state index is 13.9. The van der Waals surface area contributed by atoms with E-state index in [1.807, 2.05) is 12.1 Å². The number of hydrogen-bond acceptors (Lipinski definition) is 2. The molecule has 138 valence electrons. The Labute approximate surface area is 171 Å². The average Bonchev–Trinajstić information content (AvgIpc) is 2.73. The normalized spacial score (nSPS) is 9.93. The summed E-state index contributed by atoms with van der Waals surface area (Å²) in [7, 11) is 0. The molecule has 3 rings (SSSR count). The van der Waals surface area contributed by atoms with Gasteiger partial charge in [-0.05, 0) is 72.1 Å². The van der Waals surface area contributed by atoms with Crippen LogP contribution in [0.1, 0.15) is 36.5 Å². The molecule has 0 bridgehead atoms. The van der Waals surface area contributed by atoms with E-state index in [0.29, 0.717) is 5.56 Å². The molecule has 0 spiro atoms. The van der Waals surface area contributed by atoms with Gasteiger partial charge in [-0.1, -0.05) is 61.6 Å². The SMILES string of the molecule is CCCCc1ccc(-c2ccc(C#Cc3ccc(N=C=S)c(F)c3)cc2)cc1. The largest absolute Gasteiger partial charge is 0.205 e. The smallest absolute Gasteiger partial charge is 0.150 e. The van der Waals surface area contributed by atoms with Gasteiger partial charge in [0.05, 0.1) is 5.16 Å². The van der Waals surface area contributed by atoms with Crippen LogP contribution in [0.4, 0.5) is 10.1 Å². The molecule has 0 aliphatic rings. The first kappa shape index (κ1) is 19.7. The Kier molecular flexibility index (Phi) is 6.87. The topological polar surface area (TPSA) is 12.4 Å². The molecule has 0 saturated heterocycles. The second-order valence-electron chi connectivity index (χ2n) is 6.50. The van der Waals surface area contributed by atoms with Gasteiger partial charge >= 0.3 is 0 Å². The molecule has 0 unspecified atom stereocenters. The minimum absolute atomic E-state index is 0.172. The van der Waals surface area contributed by atoms with E-state index in [0.717, 1.165) is 17.5 Å². The molecule has 0 fully saturated rings. The van der Waals surface area contributed by atoms with Gasteiger partial charge in [0.1, 0.15) is 5.69 Å². The van der Waals surface area contributed by atoms with Crippen LogP contribution in [0.3, 0.4) is 0 Å². The number of aryl methyl sites for hydroxylation is 1. The van der Waals surface area contributed by atoms with Gasteiger partial charge in [-0.25, -0.2) is 4.39 Å². The van der Waals surface area contributed by atoms with Crippen LogP contribution in [-0.4, -0.2) is 5.16 Å². The Morgan fingerprint density at radius 1 is 0.857 bits per heavy atom. The first-order valence-electron chi connectivity index (χ1n) is 9.28. The van der Waals surface area contributed by atoms with E-state index in [-0.39, 0.29) is 5.69 Å². The molecule has 0 aliphatic heterocycles. The summed E-state index contributed by atoms with van der Waals surface area (Å²) in [6.45, 7) is 2.21. The molecule has 28 heavy (non-hydrogen) atoms. The van der Waals surface area contributed by atoms with Crippen LogP contribution >= 0.6 is 12.2 Å². The molecule has 0 radical (unpaired) electrons. The zero-order valence-corrected chi connectivity index (χ0v) is 16.5. The molecule has 0 aliphatic carbocycles. The highest BCUT2D eigenvalue weighted by atomic mass is 32.1. The molecule has 0 saturated carbocycles. The highest BCUT2D eigenvalue weighted by Crippen LogP contribution is 2.21. The molecule has 3 aromatic carbocycles. The van der Waals surface area contributed by atoms with Crippen LogP contribution in [-0.2, 0) is 6.42 Å². The molecular formula is C25H20FNS. The molecule has 0 heterocycles. The van der Waals surface area contributed by atoms with Crippen LogP contribution in [0.2, 0.25) is 0 Å². The first-order chi connectivity index (χ1) is 13.7. The Morgan fingerprint density at radius 2 is 1.46 bits per heavy atom. The third-order valence-corrected chi connectivity index (χ3v) is 4.55. The van der Waals surface area contributed by atoms with E-state index >= 15 is 0 Å². The number of rotatable bonds is 5. The fourth-order valence-electron chi connectivity index (χ4n) is 2.86. The fraction of sp³-hybridized carbons (Fsp3) is 0.160. The minimum atomic E-state index is -0.457. The van der Waals surface area contributed by atoms with Gasteiger partial charge in [-0.2, -0.15) is 4.99 Å². The molecule has 0 aromatic heterocycles. The van der Waals surface area contributed by atoms with E-state index in [2.05, 4.69) is 77.5 Å². The summed E-state index contributed by atoms with van der Waals surface area (Å²) < 4.78 is 13.9. The minimum Gasteiger partial charge on any atom is -0.205 e. The van der Waals surface area contributed by atoms with Crippen molar-refractivity contribution in [3.63, 3.8) is 0 Å². The molecule has 1 nitrogen and oxygen atoms in total. The predicted molar refractivity (Wildman–Crippen MR) is 118 cm³/mol. The number of isothiocyanates is 1. The maximum atomic E-state index is 13.9. The van der Waals surface area contributed by atoms with Gasteiger partial charge in [0.25, 0.3) is 0 Å². The van der Waals surface area contributed by atoms with E-state index in [1.54, 1.807) is 12.1 Å². The van der Waals surface area contributed by atoms with Crippen molar-refractivity contribution in [3.05, 3.63) is 89.2 Å². The van der Waals surface area contributed by atoms with Gasteiger partial charge in [0, 0.05) is 11.1 Å². The van der Waals surface area contributed by atoms with Crippen molar-refractivity contribution in [2.75, 3.05) is 0 Å². The van der Waals surface area contributed by atoms with Gasteiger partial charge in [0.2, 0.25) is 0 Å². The molecular weight excluding hydrogens is 365 g/mol. The predicted octanol–water partition coefficient (Wildman–Crippen LogP) is 6.97. The van der Waals surface area contributed by atoms with Crippen molar-refractivity contribution >= 4 is 23.1 Å². The van der Waals surface area contributed by atoms with Crippen molar-refractivity contribution in [2.24, 2.45) is 4.99 Å². The monoisotopic (exact) mass is 385 g/mol. The number of unbranched alkanes of at least 4 members (excludes halogenated alkanes) is 1. The highest BCUT2D eigenvalue weighted by molar-refractivity contribution is 7.78. The van der Waals surface area contributed by atoms with Gasteiger partial charge in [0.15, 0.2) is 5.82 Å². The Balaban J connectivity index is 1.72. The van der Waals surface area contributed by atoms with Gasteiger partial charge in [-0.15, -0.1) is 0 Å². The van der Waals surface area contributed by atoms with E-state index in [9.17, 15) is 4.39 Å². The molecule has 3 aromatic rings. The van der Waals surface area contributed by atoms with Crippen molar-refractivity contribution in [2.45, 2.75) is 26.2 Å². The zero-order valence-electron chi connectivity index (χ0n) is 15.7. The van der Waals surface area contributed by atoms with E-state index in [4.69, 9.17) is 0 Å². The third kappa shape index (κ3) is 5.24. The lowest BCUT2D eigenvalue weighted by Crippen LogP contribution is -1.85. The van der Waals surface area contributed by atoms with Crippen molar-refractivity contribution in [1.29, 1.82) is 0 Å². The first-order valence-corrected chi connectivity index (χ1v) is 9.69.